The van der Waals surface area contributed by atoms with E-state index in [0.29, 0.717) is 0 Å². The number of rotatable bonds is 3. The van der Waals surface area contributed by atoms with Gasteiger partial charge >= 0.3 is 0 Å². The largest absolute Gasteiger partial charge is 0.309 e. The van der Waals surface area contributed by atoms with Crippen molar-refractivity contribution in [3.05, 3.63) is 70.0 Å². The first-order valence-electron chi connectivity index (χ1n) is 7.74. The highest BCUT2D eigenvalue weighted by Gasteiger charge is 2.18. The van der Waals surface area contributed by atoms with Gasteiger partial charge in [-0.3, -0.25) is 0 Å². The Labute approximate surface area is 126 Å². The van der Waals surface area contributed by atoms with Gasteiger partial charge in [-0.2, -0.15) is 0 Å². The van der Waals surface area contributed by atoms with E-state index in [-0.39, 0.29) is 11.9 Å². The quantitative estimate of drug-likeness (QED) is 0.884. The van der Waals surface area contributed by atoms with Crippen LogP contribution >= 0.6 is 0 Å². The van der Waals surface area contributed by atoms with E-state index in [9.17, 15) is 4.39 Å². The van der Waals surface area contributed by atoms with E-state index in [1.54, 1.807) is 6.07 Å². The third kappa shape index (κ3) is 2.86. The van der Waals surface area contributed by atoms with Gasteiger partial charge in [0.2, 0.25) is 0 Å². The summed E-state index contributed by atoms with van der Waals surface area (Å²) in [7, 11) is 1.89. The van der Waals surface area contributed by atoms with E-state index < -0.39 is 0 Å². The van der Waals surface area contributed by atoms with Crippen LogP contribution in [-0.4, -0.2) is 7.05 Å². The van der Waals surface area contributed by atoms with Crippen LogP contribution in [0.15, 0.2) is 36.4 Å². The molecule has 1 N–H and O–H groups in total. The van der Waals surface area contributed by atoms with E-state index in [0.717, 1.165) is 23.1 Å². The molecule has 0 saturated heterocycles. The molecule has 2 heteroatoms. The molecule has 0 radical (unpaired) electrons. The van der Waals surface area contributed by atoms with E-state index in [4.69, 9.17) is 0 Å². The highest BCUT2D eigenvalue weighted by Crippen LogP contribution is 2.29. The van der Waals surface area contributed by atoms with Crippen LogP contribution in [0.1, 0.15) is 46.7 Å². The summed E-state index contributed by atoms with van der Waals surface area (Å²) in [5.41, 5.74) is 5.73. The minimum Gasteiger partial charge on any atom is -0.309 e. The van der Waals surface area contributed by atoms with Gasteiger partial charge in [0.15, 0.2) is 0 Å². The third-order valence-corrected chi connectivity index (χ3v) is 4.46. The van der Waals surface area contributed by atoms with Crippen LogP contribution in [-0.2, 0) is 12.8 Å². The summed E-state index contributed by atoms with van der Waals surface area (Å²) in [6.45, 7) is 1.92. The Morgan fingerprint density at radius 1 is 1.00 bits per heavy atom. The fraction of sp³-hybridized carbons (Fsp3) is 0.368. The van der Waals surface area contributed by atoms with Crippen LogP contribution in [0, 0.1) is 12.7 Å². The van der Waals surface area contributed by atoms with Gasteiger partial charge in [-0.1, -0.05) is 30.3 Å². The topological polar surface area (TPSA) is 12.0 Å². The Morgan fingerprint density at radius 3 is 2.48 bits per heavy atom. The third-order valence-electron chi connectivity index (χ3n) is 4.46. The molecule has 1 aliphatic rings. The SMILES string of the molecule is CNC(c1ccc2c(c1)CCCC2)c1ccc(C)cc1F. The van der Waals surface area contributed by atoms with Crippen molar-refractivity contribution < 1.29 is 4.39 Å². The summed E-state index contributed by atoms with van der Waals surface area (Å²) in [5, 5.41) is 3.26. The first kappa shape index (κ1) is 14.3. The molecule has 1 nitrogen and oxygen atoms in total. The molecule has 0 bridgehead atoms. The number of nitrogens with one attached hydrogen (secondary N) is 1. The van der Waals surface area contributed by atoms with Gasteiger partial charge in [-0.15, -0.1) is 0 Å². The minimum absolute atomic E-state index is 0.0853. The standard InChI is InChI=1S/C19H22FN/c1-13-7-10-17(18(20)11-13)19(21-2)16-9-8-14-5-3-4-6-15(14)12-16/h7-12,19,21H,3-6H2,1-2H3. The molecule has 1 atom stereocenters. The molecular weight excluding hydrogens is 261 g/mol. The average molecular weight is 283 g/mol. The molecule has 0 fully saturated rings. The molecule has 0 saturated carbocycles. The zero-order valence-electron chi connectivity index (χ0n) is 12.7. The monoisotopic (exact) mass is 283 g/mol. The predicted molar refractivity (Wildman–Crippen MR) is 85.1 cm³/mol. The van der Waals surface area contributed by atoms with Crippen LogP contribution in [0.4, 0.5) is 4.39 Å². The summed E-state index contributed by atoms with van der Waals surface area (Å²) < 4.78 is 14.3. The summed E-state index contributed by atoms with van der Waals surface area (Å²) >= 11 is 0. The van der Waals surface area contributed by atoms with Crippen molar-refractivity contribution in [2.75, 3.05) is 7.05 Å². The predicted octanol–water partition coefficient (Wildman–Crippen LogP) is 4.32. The van der Waals surface area contributed by atoms with Gasteiger partial charge < -0.3 is 5.32 Å². The lowest BCUT2D eigenvalue weighted by molar-refractivity contribution is 0.574. The summed E-state index contributed by atoms with van der Waals surface area (Å²) in [5.74, 6) is -0.132. The van der Waals surface area contributed by atoms with Crippen molar-refractivity contribution in [2.24, 2.45) is 0 Å². The van der Waals surface area contributed by atoms with Crippen LogP contribution in [0.25, 0.3) is 0 Å². The number of aryl methyl sites for hydroxylation is 3. The number of fused-ring (bicyclic) bond motifs is 1. The lowest BCUT2D eigenvalue weighted by atomic mass is 9.87. The lowest BCUT2D eigenvalue weighted by Gasteiger charge is -2.22. The smallest absolute Gasteiger partial charge is 0.128 e. The lowest BCUT2D eigenvalue weighted by Crippen LogP contribution is -2.19. The zero-order valence-corrected chi connectivity index (χ0v) is 12.7. The van der Waals surface area contributed by atoms with Crippen molar-refractivity contribution in [3.8, 4) is 0 Å². The van der Waals surface area contributed by atoms with Gasteiger partial charge in [-0.25, -0.2) is 4.39 Å². The maximum atomic E-state index is 14.3. The number of halogens is 1. The highest BCUT2D eigenvalue weighted by atomic mass is 19.1. The molecule has 2 aromatic rings. The molecular formula is C19H22FN. The van der Waals surface area contributed by atoms with Crippen molar-refractivity contribution in [2.45, 2.75) is 38.6 Å². The zero-order chi connectivity index (χ0) is 14.8. The fourth-order valence-corrected chi connectivity index (χ4v) is 3.30. The summed E-state index contributed by atoms with van der Waals surface area (Å²) in [6.07, 6.45) is 4.88. The van der Waals surface area contributed by atoms with E-state index in [1.807, 2.05) is 26.1 Å². The van der Waals surface area contributed by atoms with Gasteiger partial charge in [0.1, 0.15) is 5.82 Å². The molecule has 0 aromatic heterocycles. The van der Waals surface area contributed by atoms with E-state index in [1.165, 1.54) is 30.4 Å². The van der Waals surface area contributed by atoms with E-state index in [2.05, 4.69) is 23.5 Å². The number of hydrogen-bond acceptors (Lipinski definition) is 1. The van der Waals surface area contributed by atoms with Crippen molar-refractivity contribution in [1.82, 2.24) is 5.32 Å². The number of benzene rings is 2. The number of hydrogen-bond donors (Lipinski definition) is 1. The van der Waals surface area contributed by atoms with Gasteiger partial charge in [-0.05, 0) is 68.0 Å². The first-order chi connectivity index (χ1) is 10.2. The molecule has 0 amide bonds. The summed E-state index contributed by atoms with van der Waals surface area (Å²) in [4.78, 5) is 0. The Balaban J connectivity index is 1.99. The Morgan fingerprint density at radius 2 is 1.76 bits per heavy atom. The Hall–Kier alpha value is -1.67. The molecule has 0 spiro atoms. The summed E-state index contributed by atoms with van der Waals surface area (Å²) in [6, 6.07) is 12.0. The Kier molecular flexibility index (Phi) is 4.07. The van der Waals surface area contributed by atoms with Crippen molar-refractivity contribution in [1.29, 1.82) is 0 Å². The average Bonchev–Trinajstić information content (AvgIpc) is 2.50. The van der Waals surface area contributed by atoms with Crippen molar-refractivity contribution in [3.63, 3.8) is 0 Å². The van der Waals surface area contributed by atoms with Crippen LogP contribution < -0.4 is 5.32 Å². The molecule has 0 heterocycles. The van der Waals surface area contributed by atoms with Crippen LogP contribution in [0.2, 0.25) is 0 Å². The second kappa shape index (κ2) is 5.98. The maximum absolute atomic E-state index is 14.3. The first-order valence-corrected chi connectivity index (χ1v) is 7.74. The maximum Gasteiger partial charge on any atom is 0.128 e. The Bertz CT molecular complexity index is 648. The molecule has 3 rings (SSSR count). The second-order valence-electron chi connectivity index (χ2n) is 5.98. The molecule has 1 unspecified atom stereocenters. The van der Waals surface area contributed by atoms with Crippen molar-refractivity contribution >= 4 is 0 Å². The molecule has 110 valence electrons. The molecule has 21 heavy (non-hydrogen) atoms. The molecule has 0 aliphatic heterocycles. The van der Waals surface area contributed by atoms with Crippen LogP contribution in [0.5, 0.6) is 0 Å². The van der Waals surface area contributed by atoms with Gasteiger partial charge in [0.05, 0.1) is 6.04 Å². The fourth-order valence-electron chi connectivity index (χ4n) is 3.30. The minimum atomic E-state index is -0.132. The van der Waals surface area contributed by atoms with Gasteiger partial charge in [0.25, 0.3) is 0 Å². The van der Waals surface area contributed by atoms with E-state index >= 15 is 0 Å². The molecule has 2 aromatic carbocycles. The normalized spacial score (nSPS) is 15.6. The van der Waals surface area contributed by atoms with Gasteiger partial charge in [0, 0.05) is 5.56 Å². The highest BCUT2D eigenvalue weighted by molar-refractivity contribution is 5.40. The second-order valence-corrected chi connectivity index (χ2v) is 5.98. The molecule has 1 aliphatic carbocycles. The van der Waals surface area contributed by atoms with Crippen LogP contribution in [0.3, 0.4) is 0 Å².